The first-order valence-electron chi connectivity index (χ1n) is 9.23. The number of aromatic amines is 1. The number of nitrogens with one attached hydrogen (secondary N) is 1. The molecule has 3 aromatic heterocycles. The Kier molecular flexibility index (Phi) is 3.67. The molecule has 0 saturated carbocycles. The summed E-state index contributed by atoms with van der Waals surface area (Å²) in [6.45, 7) is 3.47. The quantitative estimate of drug-likeness (QED) is 0.596. The van der Waals surface area contributed by atoms with Crippen molar-refractivity contribution in [1.82, 2.24) is 29.5 Å². The molecule has 1 N–H and O–H groups in total. The number of aromatic nitrogens is 5. The first kappa shape index (κ1) is 16.0. The molecule has 1 aliphatic rings. The van der Waals surface area contributed by atoms with Gasteiger partial charge in [0.15, 0.2) is 5.65 Å². The first-order chi connectivity index (χ1) is 13.2. The van der Waals surface area contributed by atoms with Gasteiger partial charge in [-0.2, -0.15) is 5.10 Å². The summed E-state index contributed by atoms with van der Waals surface area (Å²) < 4.78 is 1.64. The topological polar surface area (TPSA) is 79.2 Å². The van der Waals surface area contributed by atoms with Crippen molar-refractivity contribution >= 4 is 22.6 Å². The Balaban J connectivity index is 1.43. The summed E-state index contributed by atoms with van der Waals surface area (Å²) in [5.74, 6) is 1.17. The summed E-state index contributed by atoms with van der Waals surface area (Å²) in [4.78, 5) is 27.6. The van der Waals surface area contributed by atoms with Crippen LogP contribution in [0, 0.1) is 6.92 Å². The van der Waals surface area contributed by atoms with Gasteiger partial charge >= 0.3 is 0 Å². The maximum absolute atomic E-state index is 13.1. The van der Waals surface area contributed by atoms with Gasteiger partial charge in [-0.25, -0.2) is 14.5 Å². The van der Waals surface area contributed by atoms with Crippen molar-refractivity contribution < 1.29 is 4.79 Å². The summed E-state index contributed by atoms with van der Waals surface area (Å²) in [5, 5.41) is 4.24. The number of hydrogen-bond donors (Lipinski definition) is 1. The average molecular weight is 360 g/mol. The van der Waals surface area contributed by atoms with E-state index < -0.39 is 0 Å². The summed E-state index contributed by atoms with van der Waals surface area (Å²) in [7, 11) is 0. The van der Waals surface area contributed by atoms with E-state index in [1.54, 1.807) is 29.2 Å². The minimum atomic E-state index is -0.0132. The highest BCUT2D eigenvalue weighted by Gasteiger charge is 2.29. The molecular formula is C20H20N6O. The number of hydrogen-bond acceptors (Lipinski definition) is 4. The summed E-state index contributed by atoms with van der Waals surface area (Å²) in [6, 6.07) is 7.96. The number of likely N-dealkylation sites (tertiary alicyclic amines) is 1. The SMILES string of the molecule is Cc1cccc2[nH]c([C@H]3CCCN(C(=O)c4cnn5cccnc45)C3)nc12. The molecule has 1 amide bonds. The molecule has 1 fully saturated rings. The van der Waals surface area contributed by atoms with Crippen LogP contribution in [0.4, 0.5) is 0 Å². The lowest BCUT2D eigenvalue weighted by atomic mass is 9.97. The average Bonchev–Trinajstić information content (AvgIpc) is 3.33. The van der Waals surface area contributed by atoms with Gasteiger partial charge in [0.05, 0.1) is 17.2 Å². The van der Waals surface area contributed by atoms with Gasteiger partial charge < -0.3 is 9.88 Å². The number of imidazole rings is 1. The van der Waals surface area contributed by atoms with E-state index in [4.69, 9.17) is 4.98 Å². The highest BCUT2D eigenvalue weighted by molar-refractivity contribution is 5.99. The van der Waals surface area contributed by atoms with Crippen LogP contribution in [0.25, 0.3) is 16.7 Å². The molecule has 4 heterocycles. The number of piperidine rings is 1. The third kappa shape index (κ3) is 2.66. The predicted octanol–water partition coefficient (Wildman–Crippen LogP) is 2.93. The molecule has 5 rings (SSSR count). The molecule has 27 heavy (non-hydrogen) atoms. The van der Waals surface area contributed by atoms with Crippen molar-refractivity contribution in [2.24, 2.45) is 0 Å². The van der Waals surface area contributed by atoms with E-state index >= 15 is 0 Å². The lowest BCUT2D eigenvalue weighted by molar-refractivity contribution is 0.0706. The van der Waals surface area contributed by atoms with Crippen molar-refractivity contribution in [3.05, 3.63) is 59.8 Å². The second-order valence-corrected chi connectivity index (χ2v) is 7.13. The van der Waals surface area contributed by atoms with Gasteiger partial charge in [-0.15, -0.1) is 0 Å². The van der Waals surface area contributed by atoms with E-state index in [0.29, 0.717) is 17.8 Å². The molecule has 1 aliphatic heterocycles. The largest absolute Gasteiger partial charge is 0.342 e. The molecule has 1 aromatic carbocycles. The molecular weight excluding hydrogens is 340 g/mol. The van der Waals surface area contributed by atoms with Gasteiger partial charge in [0, 0.05) is 31.4 Å². The Morgan fingerprint density at radius 3 is 3.11 bits per heavy atom. The van der Waals surface area contributed by atoms with Crippen molar-refractivity contribution in [2.75, 3.05) is 13.1 Å². The molecule has 4 aromatic rings. The van der Waals surface area contributed by atoms with E-state index in [-0.39, 0.29) is 11.8 Å². The fraction of sp³-hybridized carbons (Fsp3) is 0.300. The van der Waals surface area contributed by atoms with Crippen molar-refractivity contribution in [1.29, 1.82) is 0 Å². The first-order valence-corrected chi connectivity index (χ1v) is 9.23. The van der Waals surface area contributed by atoms with Gasteiger partial charge in [0.2, 0.25) is 0 Å². The van der Waals surface area contributed by atoms with Crippen LogP contribution in [-0.4, -0.2) is 48.5 Å². The third-order valence-electron chi connectivity index (χ3n) is 5.34. The highest BCUT2D eigenvalue weighted by Crippen LogP contribution is 2.28. The number of nitrogens with zero attached hydrogens (tertiary/aromatic N) is 5. The third-order valence-corrected chi connectivity index (χ3v) is 5.34. The second-order valence-electron chi connectivity index (χ2n) is 7.13. The molecule has 0 radical (unpaired) electrons. The molecule has 136 valence electrons. The Morgan fingerprint density at radius 2 is 2.22 bits per heavy atom. The number of carbonyl (C=O) groups excluding carboxylic acids is 1. The number of H-pyrrole nitrogens is 1. The normalized spacial score (nSPS) is 17.7. The molecule has 1 atom stereocenters. The van der Waals surface area contributed by atoms with Crippen LogP contribution in [0.5, 0.6) is 0 Å². The maximum Gasteiger partial charge on any atom is 0.259 e. The van der Waals surface area contributed by atoms with Crippen LogP contribution in [-0.2, 0) is 0 Å². The van der Waals surface area contributed by atoms with E-state index in [1.165, 1.54) is 0 Å². The molecule has 0 aliphatic carbocycles. The fourth-order valence-electron chi connectivity index (χ4n) is 3.92. The van der Waals surface area contributed by atoms with Gasteiger partial charge in [-0.1, -0.05) is 12.1 Å². The minimum absolute atomic E-state index is 0.0132. The zero-order valence-electron chi connectivity index (χ0n) is 15.1. The molecule has 7 nitrogen and oxygen atoms in total. The van der Waals surface area contributed by atoms with E-state index in [2.05, 4.69) is 34.1 Å². The number of rotatable bonds is 2. The predicted molar refractivity (Wildman–Crippen MR) is 102 cm³/mol. The zero-order valence-corrected chi connectivity index (χ0v) is 15.1. The Hall–Kier alpha value is -3.22. The Bertz CT molecular complexity index is 1140. The van der Waals surface area contributed by atoms with Crippen LogP contribution in [0.3, 0.4) is 0 Å². The number of carbonyl (C=O) groups is 1. The van der Waals surface area contributed by atoms with Crippen LogP contribution in [0.1, 0.15) is 40.5 Å². The lowest BCUT2D eigenvalue weighted by Crippen LogP contribution is -2.39. The number of fused-ring (bicyclic) bond motifs is 2. The van der Waals surface area contributed by atoms with Crippen molar-refractivity contribution in [3.63, 3.8) is 0 Å². The van der Waals surface area contributed by atoms with Crippen LogP contribution in [0.2, 0.25) is 0 Å². The molecule has 0 bridgehead atoms. The lowest BCUT2D eigenvalue weighted by Gasteiger charge is -2.31. The maximum atomic E-state index is 13.1. The summed E-state index contributed by atoms with van der Waals surface area (Å²) >= 11 is 0. The standard InChI is InChI=1S/C20H20N6O/c1-13-5-2-7-16-17(13)24-18(23-16)14-6-3-9-25(12-14)20(27)15-11-22-26-10-4-8-21-19(15)26/h2,4-5,7-8,10-11,14H,3,6,9,12H2,1H3,(H,23,24)/t14-/m0/s1. The Labute approximate surface area is 156 Å². The number of benzene rings is 1. The van der Waals surface area contributed by atoms with E-state index in [0.717, 1.165) is 41.8 Å². The highest BCUT2D eigenvalue weighted by atomic mass is 16.2. The van der Waals surface area contributed by atoms with E-state index in [1.807, 2.05) is 11.0 Å². The van der Waals surface area contributed by atoms with Gasteiger partial charge in [-0.05, 0) is 37.5 Å². The smallest absolute Gasteiger partial charge is 0.259 e. The van der Waals surface area contributed by atoms with Gasteiger partial charge in [0.25, 0.3) is 5.91 Å². The van der Waals surface area contributed by atoms with Crippen LogP contribution >= 0.6 is 0 Å². The summed E-state index contributed by atoms with van der Waals surface area (Å²) in [6.07, 6.45) is 7.08. The fourth-order valence-corrected chi connectivity index (χ4v) is 3.92. The monoisotopic (exact) mass is 360 g/mol. The van der Waals surface area contributed by atoms with E-state index in [9.17, 15) is 4.79 Å². The molecule has 0 unspecified atom stereocenters. The van der Waals surface area contributed by atoms with Crippen molar-refractivity contribution in [2.45, 2.75) is 25.7 Å². The molecule has 0 spiro atoms. The number of aryl methyl sites for hydroxylation is 1. The second kappa shape index (κ2) is 6.19. The van der Waals surface area contributed by atoms with Gasteiger partial charge in [-0.3, -0.25) is 4.79 Å². The van der Waals surface area contributed by atoms with Crippen LogP contribution < -0.4 is 0 Å². The summed E-state index contributed by atoms with van der Waals surface area (Å²) in [5.41, 5.74) is 4.39. The Morgan fingerprint density at radius 1 is 1.30 bits per heavy atom. The zero-order chi connectivity index (χ0) is 18.4. The molecule has 1 saturated heterocycles. The number of para-hydroxylation sites is 1. The van der Waals surface area contributed by atoms with Crippen molar-refractivity contribution in [3.8, 4) is 0 Å². The minimum Gasteiger partial charge on any atom is -0.342 e. The molecule has 7 heteroatoms. The number of amides is 1. The van der Waals surface area contributed by atoms with Gasteiger partial charge in [0.1, 0.15) is 11.4 Å². The van der Waals surface area contributed by atoms with Crippen LogP contribution in [0.15, 0.2) is 42.9 Å².